The molecule has 3 atom stereocenters. The van der Waals surface area contributed by atoms with Gasteiger partial charge in [-0.3, -0.25) is 0 Å². The van der Waals surface area contributed by atoms with Crippen molar-refractivity contribution >= 4 is 13.6 Å². The molecule has 12 nitrogen and oxygen atoms in total. The normalized spacial score (nSPS) is 21.0. The molecule has 4 rings (SSSR count). The van der Waals surface area contributed by atoms with Crippen molar-refractivity contribution < 1.29 is 42.9 Å². The Morgan fingerprint density at radius 3 is 1.67 bits per heavy atom. The second-order valence-electron chi connectivity index (χ2n) is 13.9. The molecular formula is C39H54N3O9P. The summed E-state index contributed by atoms with van der Waals surface area (Å²) in [5.41, 5.74) is -0.574. The molecule has 3 unspecified atom stereocenters. The van der Waals surface area contributed by atoms with E-state index in [1.54, 1.807) is 41.5 Å². The van der Waals surface area contributed by atoms with Crippen molar-refractivity contribution in [3.8, 4) is 6.07 Å². The van der Waals surface area contributed by atoms with Crippen LogP contribution in [0.1, 0.15) is 64.7 Å². The number of carbonyl (C=O) groups excluding carboxylic acids is 1. The van der Waals surface area contributed by atoms with Crippen LogP contribution in [0.5, 0.6) is 0 Å². The summed E-state index contributed by atoms with van der Waals surface area (Å²) in [6.45, 7) is 9.32. The van der Waals surface area contributed by atoms with Crippen LogP contribution >= 0.6 is 7.66 Å². The van der Waals surface area contributed by atoms with Gasteiger partial charge >= 0.3 is 290 Å². The fourth-order valence-electron chi connectivity index (χ4n) is 7.39. The number of methoxy groups -OCH3 is 2. The molecule has 13 heteroatoms. The Labute approximate surface area is 307 Å². The summed E-state index contributed by atoms with van der Waals surface area (Å²) >= 11 is 0. The fraction of sp³-hybridized carbons (Fsp3) is 0.487. The van der Waals surface area contributed by atoms with E-state index in [0.29, 0.717) is 0 Å². The molecule has 1 fully saturated rings. The van der Waals surface area contributed by atoms with E-state index >= 15 is 0 Å². The van der Waals surface area contributed by atoms with E-state index in [4.69, 9.17) is 23.5 Å². The number of hydrogen-bond acceptors (Lipinski definition) is 11. The number of rotatable bonds is 17. The van der Waals surface area contributed by atoms with Gasteiger partial charge in [0.2, 0.25) is 0 Å². The molecule has 1 aliphatic rings. The SMILES string of the molecule is COC1(OC(C#N)COP(O)(O)(O)N(C(C)C)C(C)C)CCN(C(=O)C(C)C)C1(COC(c1ccccc1)(c1ccccc1)c1ccccc1)OC. The molecule has 1 amide bonds. The van der Waals surface area contributed by atoms with Gasteiger partial charge in [-0.05, 0) is 0 Å². The molecule has 1 heterocycles. The third-order valence-corrected chi connectivity index (χ3v) is 11.9. The first-order chi connectivity index (χ1) is 24.5. The number of benzene rings is 3. The molecule has 1 aliphatic heterocycles. The summed E-state index contributed by atoms with van der Waals surface area (Å²) in [5, 5.41) is 10.3. The van der Waals surface area contributed by atoms with E-state index in [9.17, 15) is 24.7 Å². The molecule has 3 N–H and O–H groups in total. The van der Waals surface area contributed by atoms with Crippen LogP contribution in [0.15, 0.2) is 91.0 Å². The first kappa shape index (κ1) is 41.4. The van der Waals surface area contributed by atoms with Gasteiger partial charge in [0.15, 0.2) is 0 Å². The number of nitriles is 1. The number of carbonyl (C=O) groups is 1. The zero-order valence-corrected chi connectivity index (χ0v) is 32.3. The van der Waals surface area contributed by atoms with Crippen molar-refractivity contribution in [1.82, 2.24) is 9.57 Å². The Morgan fingerprint density at radius 2 is 1.31 bits per heavy atom. The Morgan fingerprint density at radius 1 is 0.846 bits per heavy atom. The molecule has 0 aromatic heterocycles. The van der Waals surface area contributed by atoms with E-state index in [-0.39, 0.29) is 25.5 Å². The average Bonchev–Trinajstić information content (AvgIpc) is 3.44. The summed E-state index contributed by atoms with van der Waals surface area (Å²) in [7, 11) is -3.12. The number of amides is 1. The van der Waals surface area contributed by atoms with Crippen molar-refractivity contribution in [3.63, 3.8) is 0 Å². The first-order valence-corrected chi connectivity index (χ1v) is 19.5. The van der Waals surface area contributed by atoms with E-state index < -0.39 is 55.5 Å². The maximum absolute atomic E-state index is 14.0. The second-order valence-corrected chi connectivity index (χ2v) is 16.3. The van der Waals surface area contributed by atoms with Gasteiger partial charge in [0.25, 0.3) is 0 Å². The number of hydrogen-bond donors (Lipinski definition) is 3. The minimum absolute atomic E-state index is 0.0530. The second kappa shape index (κ2) is 16.4. The van der Waals surface area contributed by atoms with Crippen molar-refractivity contribution in [2.45, 2.75) is 83.3 Å². The molecule has 0 saturated carbocycles. The van der Waals surface area contributed by atoms with Crippen LogP contribution in [0, 0.1) is 17.2 Å². The Bertz CT molecular complexity index is 1540. The zero-order chi connectivity index (χ0) is 38.4. The van der Waals surface area contributed by atoms with Crippen LogP contribution in [-0.2, 0) is 33.9 Å². The molecular weight excluding hydrogens is 685 g/mol. The first-order valence-electron chi connectivity index (χ1n) is 17.5. The molecule has 3 aromatic carbocycles. The van der Waals surface area contributed by atoms with Crippen molar-refractivity contribution in [2.24, 2.45) is 5.92 Å². The van der Waals surface area contributed by atoms with Gasteiger partial charge < -0.3 is 0 Å². The monoisotopic (exact) mass is 739 g/mol. The molecule has 284 valence electrons. The Hall–Kier alpha value is -3.31. The van der Waals surface area contributed by atoms with E-state index in [2.05, 4.69) is 0 Å². The van der Waals surface area contributed by atoms with Crippen molar-refractivity contribution in [1.29, 1.82) is 5.26 Å². The molecule has 0 aliphatic carbocycles. The molecule has 0 bridgehead atoms. The van der Waals surface area contributed by atoms with E-state index in [0.717, 1.165) is 21.4 Å². The standard InChI is InChI=1S/C39H54N3O9P/c1-29(2)36(43)41-25-24-38(48-8,51-35(26-40)27-50-52(44,45,46)42(30(3)4)31(5)6)37(41,47-7)28-49-39(32-18-12-9-13-19-32,33-20-14-10-15-21-33)34-22-16-11-17-23-34/h9-23,29-31,35,44-46H,24-25,27-28H2,1-8H3. The van der Waals surface area contributed by atoms with Crippen LogP contribution in [0.2, 0.25) is 0 Å². The van der Waals surface area contributed by atoms with Crippen LogP contribution < -0.4 is 0 Å². The average molecular weight is 740 g/mol. The molecule has 1 saturated heterocycles. The van der Waals surface area contributed by atoms with Crippen molar-refractivity contribution in [3.05, 3.63) is 108 Å². The molecule has 0 spiro atoms. The van der Waals surface area contributed by atoms with Crippen LogP contribution in [0.4, 0.5) is 0 Å². The summed E-state index contributed by atoms with van der Waals surface area (Å²) in [5.74, 6) is -2.56. The Kier molecular flexibility index (Phi) is 13.0. The van der Waals surface area contributed by atoms with Crippen LogP contribution in [0.3, 0.4) is 0 Å². The predicted octanol–water partition coefficient (Wildman–Crippen LogP) is 5.72. The van der Waals surface area contributed by atoms with E-state index in [1.165, 1.54) is 19.1 Å². The van der Waals surface area contributed by atoms with Crippen molar-refractivity contribution in [2.75, 3.05) is 34.0 Å². The van der Waals surface area contributed by atoms with Gasteiger partial charge in [-0.15, -0.1) is 0 Å². The topological polar surface area (TPSA) is 154 Å². The summed E-state index contributed by atoms with van der Waals surface area (Å²) < 4.78 is 32.6. The van der Waals surface area contributed by atoms with Gasteiger partial charge in [0.1, 0.15) is 0 Å². The third-order valence-electron chi connectivity index (χ3n) is 9.54. The summed E-state index contributed by atoms with van der Waals surface area (Å²) in [6.07, 6.45) is -1.47. The zero-order valence-electron chi connectivity index (χ0n) is 31.4. The summed E-state index contributed by atoms with van der Waals surface area (Å²) in [6, 6.07) is 30.1. The molecule has 52 heavy (non-hydrogen) atoms. The molecule has 0 radical (unpaired) electrons. The number of likely N-dealkylation sites (tertiary alicyclic amines) is 1. The number of nitrogens with zero attached hydrogens (tertiary/aromatic N) is 3. The quantitative estimate of drug-likeness (QED) is 0.0886. The third kappa shape index (κ3) is 7.96. The maximum atomic E-state index is 14.0. The van der Waals surface area contributed by atoms with Gasteiger partial charge in [0, 0.05) is 0 Å². The fourth-order valence-corrected chi connectivity index (χ4v) is 9.54. The van der Waals surface area contributed by atoms with Gasteiger partial charge in [0.05, 0.1) is 0 Å². The predicted molar refractivity (Wildman–Crippen MR) is 198 cm³/mol. The van der Waals surface area contributed by atoms with Crippen LogP contribution in [0.25, 0.3) is 0 Å². The van der Waals surface area contributed by atoms with Gasteiger partial charge in [-0.2, -0.15) is 0 Å². The summed E-state index contributed by atoms with van der Waals surface area (Å²) in [4.78, 5) is 48.8. The van der Waals surface area contributed by atoms with E-state index in [1.807, 2.05) is 97.1 Å². The van der Waals surface area contributed by atoms with Gasteiger partial charge in [-0.1, -0.05) is 18.2 Å². The minimum atomic E-state index is -5.93. The molecule has 3 aromatic rings. The number of ether oxygens (including phenoxy) is 4. The Balaban J connectivity index is 1.85. The van der Waals surface area contributed by atoms with Crippen LogP contribution in [-0.4, -0.2) is 93.8 Å². The van der Waals surface area contributed by atoms with Gasteiger partial charge in [-0.25, -0.2) is 0 Å².